The second kappa shape index (κ2) is 7.38. The fraction of sp³-hybridized carbons (Fsp3) is 0.208. The van der Waals surface area contributed by atoms with Gasteiger partial charge in [0.15, 0.2) is 0 Å². The molecule has 1 saturated heterocycles. The van der Waals surface area contributed by atoms with E-state index in [0.29, 0.717) is 22.3 Å². The van der Waals surface area contributed by atoms with Gasteiger partial charge in [0.25, 0.3) is 0 Å². The Hall–Kier alpha value is -2.40. The molecule has 0 aliphatic carbocycles. The summed E-state index contributed by atoms with van der Waals surface area (Å²) in [6.45, 7) is 0.701. The van der Waals surface area contributed by atoms with Crippen LogP contribution in [0.25, 0.3) is 0 Å². The van der Waals surface area contributed by atoms with E-state index < -0.39 is 11.5 Å². The molecule has 0 unspecified atom stereocenters. The molecule has 3 nitrogen and oxygen atoms in total. The van der Waals surface area contributed by atoms with Gasteiger partial charge in [-0.05, 0) is 66.1 Å². The number of nitrogens with one attached hydrogen (secondary N) is 2. The molecular formula is C24H19Cl2FN2O. The zero-order chi connectivity index (χ0) is 20.9. The van der Waals surface area contributed by atoms with Gasteiger partial charge in [0, 0.05) is 21.7 Å². The number of carbonyl (C=O) groups is 1. The van der Waals surface area contributed by atoms with Gasteiger partial charge >= 0.3 is 0 Å². The van der Waals surface area contributed by atoms with Crippen LogP contribution in [0, 0.1) is 5.82 Å². The van der Waals surface area contributed by atoms with E-state index in [9.17, 15) is 9.18 Å². The van der Waals surface area contributed by atoms with Crippen molar-refractivity contribution in [3.05, 3.63) is 99.3 Å². The van der Waals surface area contributed by atoms with Crippen molar-refractivity contribution in [2.24, 2.45) is 0 Å². The number of fused-ring (bicyclic) bond motifs is 2. The van der Waals surface area contributed by atoms with Crippen LogP contribution in [0.5, 0.6) is 0 Å². The minimum atomic E-state index is -0.945. The second-order valence-electron chi connectivity index (χ2n) is 7.85. The fourth-order valence-corrected chi connectivity index (χ4v) is 5.41. The number of amides is 1. The molecule has 0 radical (unpaired) electrons. The van der Waals surface area contributed by atoms with Crippen molar-refractivity contribution >= 4 is 34.8 Å². The summed E-state index contributed by atoms with van der Waals surface area (Å²) in [5.74, 6) is -0.555. The van der Waals surface area contributed by atoms with E-state index in [1.54, 1.807) is 18.2 Å². The van der Waals surface area contributed by atoms with Crippen LogP contribution < -0.4 is 10.6 Å². The molecule has 1 fully saturated rings. The van der Waals surface area contributed by atoms with Crippen molar-refractivity contribution in [2.75, 3.05) is 11.9 Å². The molecule has 2 aliphatic rings. The van der Waals surface area contributed by atoms with Crippen molar-refractivity contribution in [2.45, 2.75) is 23.8 Å². The average molecular weight is 441 g/mol. The van der Waals surface area contributed by atoms with Gasteiger partial charge in [0.1, 0.15) is 11.2 Å². The number of rotatable bonds is 2. The lowest BCUT2D eigenvalue weighted by atomic mass is 9.59. The summed E-state index contributed by atoms with van der Waals surface area (Å²) < 4.78 is 14.1. The molecule has 2 aliphatic heterocycles. The van der Waals surface area contributed by atoms with Crippen molar-refractivity contribution in [3.63, 3.8) is 0 Å². The minimum absolute atomic E-state index is 0.110. The van der Waals surface area contributed by atoms with E-state index in [1.807, 2.05) is 36.4 Å². The molecule has 0 aromatic heterocycles. The largest absolute Gasteiger partial charge is 0.325 e. The Balaban J connectivity index is 1.77. The van der Waals surface area contributed by atoms with Crippen LogP contribution >= 0.6 is 23.2 Å². The summed E-state index contributed by atoms with van der Waals surface area (Å²) in [4.78, 5) is 13.7. The lowest BCUT2D eigenvalue weighted by Gasteiger charge is -2.47. The molecule has 0 saturated carbocycles. The van der Waals surface area contributed by atoms with E-state index in [0.717, 1.165) is 23.1 Å². The van der Waals surface area contributed by atoms with Gasteiger partial charge in [-0.15, -0.1) is 0 Å². The molecule has 5 rings (SSSR count). The normalized spacial score (nSPS) is 25.2. The van der Waals surface area contributed by atoms with Gasteiger partial charge in [0.05, 0.1) is 6.04 Å². The molecule has 30 heavy (non-hydrogen) atoms. The van der Waals surface area contributed by atoms with E-state index in [-0.39, 0.29) is 17.6 Å². The molecule has 6 heteroatoms. The molecule has 1 spiro atoms. The van der Waals surface area contributed by atoms with Crippen LogP contribution in [0.2, 0.25) is 10.0 Å². The maximum Gasteiger partial charge on any atom is 0.237 e. The first-order chi connectivity index (χ1) is 14.5. The van der Waals surface area contributed by atoms with Crippen LogP contribution in [0.3, 0.4) is 0 Å². The van der Waals surface area contributed by atoms with Crippen molar-refractivity contribution < 1.29 is 9.18 Å². The summed E-state index contributed by atoms with van der Waals surface area (Å²) in [6, 6.07) is 19.2. The Morgan fingerprint density at radius 2 is 1.70 bits per heavy atom. The molecule has 0 bridgehead atoms. The predicted octanol–water partition coefficient (Wildman–Crippen LogP) is 5.84. The highest BCUT2D eigenvalue weighted by Crippen LogP contribution is 2.57. The molecule has 3 aromatic rings. The number of halogens is 3. The Labute approximate surface area is 184 Å². The molecule has 2 N–H and O–H groups in total. The van der Waals surface area contributed by atoms with E-state index in [1.165, 1.54) is 12.1 Å². The molecular weight excluding hydrogens is 422 g/mol. The number of hydrogen-bond acceptors (Lipinski definition) is 2. The summed E-state index contributed by atoms with van der Waals surface area (Å²) >= 11 is 12.3. The van der Waals surface area contributed by atoms with E-state index >= 15 is 0 Å². The first-order valence-corrected chi connectivity index (χ1v) is 10.6. The third kappa shape index (κ3) is 2.94. The highest BCUT2D eigenvalue weighted by atomic mass is 35.5. The monoisotopic (exact) mass is 440 g/mol. The van der Waals surface area contributed by atoms with Crippen LogP contribution in [0.15, 0.2) is 66.7 Å². The molecule has 3 aromatic carbocycles. The van der Waals surface area contributed by atoms with Gasteiger partial charge in [-0.2, -0.15) is 0 Å². The summed E-state index contributed by atoms with van der Waals surface area (Å²) in [6.07, 6.45) is 0.753. The Morgan fingerprint density at radius 3 is 2.47 bits per heavy atom. The number of piperidine rings is 1. The van der Waals surface area contributed by atoms with Crippen LogP contribution in [-0.2, 0) is 10.2 Å². The van der Waals surface area contributed by atoms with Crippen molar-refractivity contribution in [1.82, 2.24) is 5.32 Å². The topological polar surface area (TPSA) is 41.1 Å². The summed E-state index contributed by atoms with van der Waals surface area (Å²) in [7, 11) is 0. The number of hydrogen-bond donors (Lipinski definition) is 2. The average Bonchev–Trinajstić information content (AvgIpc) is 3.00. The first kappa shape index (κ1) is 19.6. The van der Waals surface area contributed by atoms with E-state index in [4.69, 9.17) is 23.2 Å². The standard InChI is InChI=1S/C24H19Cl2FN2O/c25-16-6-4-14(5-7-16)19-10-11-28-22(15-2-1-3-18(27)12-15)24(19)20-9-8-17(26)13-21(20)29-23(24)30/h1-9,12-13,19,22,28H,10-11H2,(H,29,30)/t19-,22+,24+/m0/s1. The number of anilines is 1. The third-order valence-electron chi connectivity index (χ3n) is 6.29. The maximum absolute atomic E-state index is 14.1. The SMILES string of the molecule is O=C1Nc2cc(Cl)ccc2[C@]12[C@@H](c1cccc(F)c1)NCC[C@H]2c1ccc(Cl)cc1. The van der Waals surface area contributed by atoms with Gasteiger partial charge in [-0.1, -0.05) is 53.5 Å². The molecule has 152 valence electrons. The van der Waals surface area contributed by atoms with Crippen molar-refractivity contribution in [3.8, 4) is 0 Å². The second-order valence-corrected chi connectivity index (χ2v) is 8.72. The minimum Gasteiger partial charge on any atom is -0.325 e. The van der Waals surface area contributed by atoms with Crippen LogP contribution in [0.1, 0.15) is 35.1 Å². The maximum atomic E-state index is 14.1. The highest BCUT2D eigenvalue weighted by molar-refractivity contribution is 6.31. The Bertz CT molecular complexity index is 1130. The van der Waals surface area contributed by atoms with Gasteiger partial charge in [-0.25, -0.2) is 4.39 Å². The zero-order valence-corrected chi connectivity index (χ0v) is 17.5. The smallest absolute Gasteiger partial charge is 0.237 e. The summed E-state index contributed by atoms with van der Waals surface area (Å²) in [5.41, 5.74) is 2.40. The molecule has 1 amide bonds. The highest BCUT2D eigenvalue weighted by Gasteiger charge is 2.59. The molecule has 2 heterocycles. The van der Waals surface area contributed by atoms with Gasteiger partial charge < -0.3 is 10.6 Å². The lowest BCUT2D eigenvalue weighted by molar-refractivity contribution is -0.123. The van der Waals surface area contributed by atoms with Crippen molar-refractivity contribution in [1.29, 1.82) is 0 Å². The molecule has 3 atom stereocenters. The number of benzene rings is 3. The predicted molar refractivity (Wildman–Crippen MR) is 118 cm³/mol. The van der Waals surface area contributed by atoms with Gasteiger partial charge in [-0.3, -0.25) is 4.79 Å². The quantitative estimate of drug-likeness (QED) is 0.525. The third-order valence-corrected chi connectivity index (χ3v) is 6.78. The van der Waals surface area contributed by atoms with Gasteiger partial charge in [0.2, 0.25) is 5.91 Å². The Kier molecular flexibility index (Phi) is 4.81. The zero-order valence-electron chi connectivity index (χ0n) is 16.0. The lowest BCUT2D eigenvalue weighted by Crippen LogP contribution is -2.55. The van der Waals surface area contributed by atoms with Crippen LogP contribution in [0.4, 0.5) is 10.1 Å². The Morgan fingerprint density at radius 1 is 0.933 bits per heavy atom. The summed E-state index contributed by atoms with van der Waals surface area (Å²) in [5, 5.41) is 7.75. The van der Waals surface area contributed by atoms with Crippen LogP contribution in [-0.4, -0.2) is 12.5 Å². The fourth-order valence-electron chi connectivity index (χ4n) is 5.11. The first-order valence-electron chi connectivity index (χ1n) is 9.86. The number of carbonyl (C=O) groups excluding carboxylic acids is 1. The van der Waals surface area contributed by atoms with E-state index in [2.05, 4.69) is 10.6 Å².